The summed E-state index contributed by atoms with van der Waals surface area (Å²) in [4.78, 5) is 32.2. The molecule has 0 rings (SSSR count). The minimum atomic E-state index is -1.27. The largest absolute Gasteiger partial charge is 0.481 e. The van der Waals surface area contributed by atoms with E-state index in [2.05, 4.69) is 0 Å². The van der Waals surface area contributed by atoms with Gasteiger partial charge in [0, 0.05) is 0 Å². The highest BCUT2D eigenvalue weighted by Crippen LogP contribution is 2.26. The second-order valence-corrected chi connectivity index (χ2v) is 3.75. The first-order valence-corrected chi connectivity index (χ1v) is 4.98. The fraction of sp³-hybridized carbons (Fsp3) is 0.700. The molecule has 0 aromatic rings. The van der Waals surface area contributed by atoms with Crippen LogP contribution in [0.2, 0.25) is 0 Å². The lowest BCUT2D eigenvalue weighted by molar-refractivity contribution is -0.154. The van der Waals surface area contributed by atoms with Gasteiger partial charge in [-0.25, -0.2) is 0 Å². The van der Waals surface area contributed by atoms with Gasteiger partial charge in [0.05, 0.1) is 18.3 Å². The van der Waals surface area contributed by atoms with E-state index < -0.39 is 42.1 Å². The molecule has 3 unspecified atom stereocenters. The average Bonchev–Trinajstić information content (AvgIpc) is 2.13. The molecule has 0 bridgehead atoms. The fourth-order valence-corrected chi connectivity index (χ4v) is 1.74. The highest BCUT2D eigenvalue weighted by atomic mass is 16.4. The molecule has 0 aromatic carbocycles. The van der Waals surface area contributed by atoms with E-state index >= 15 is 0 Å². The predicted molar refractivity (Wildman–Crippen MR) is 54.0 cm³/mol. The fourth-order valence-electron chi connectivity index (χ4n) is 1.74. The van der Waals surface area contributed by atoms with Crippen LogP contribution in [0.3, 0.4) is 0 Å². The van der Waals surface area contributed by atoms with E-state index in [4.69, 9.17) is 15.3 Å². The smallest absolute Gasteiger partial charge is 0.307 e. The molecule has 3 atom stereocenters. The van der Waals surface area contributed by atoms with Crippen LogP contribution in [-0.2, 0) is 14.4 Å². The van der Waals surface area contributed by atoms with Crippen LogP contribution in [0.4, 0.5) is 0 Å². The molecule has 0 saturated heterocycles. The summed E-state index contributed by atoms with van der Waals surface area (Å²) in [7, 11) is 0. The summed E-state index contributed by atoms with van der Waals surface area (Å²) >= 11 is 0. The van der Waals surface area contributed by atoms with Crippen LogP contribution in [0.5, 0.6) is 0 Å². The third-order valence-electron chi connectivity index (χ3n) is 2.74. The lowest BCUT2D eigenvalue weighted by atomic mass is 9.80. The van der Waals surface area contributed by atoms with Gasteiger partial charge in [0.2, 0.25) is 0 Å². The van der Waals surface area contributed by atoms with Gasteiger partial charge in [-0.3, -0.25) is 14.4 Å². The van der Waals surface area contributed by atoms with Crippen LogP contribution in [0.25, 0.3) is 0 Å². The molecule has 0 amide bonds. The summed E-state index contributed by atoms with van der Waals surface area (Å²) < 4.78 is 0. The number of rotatable bonds is 7. The van der Waals surface area contributed by atoms with Crippen LogP contribution in [-0.4, -0.2) is 33.2 Å². The van der Waals surface area contributed by atoms with Gasteiger partial charge in [0.15, 0.2) is 0 Å². The predicted octanol–water partition coefficient (Wildman–Crippen LogP) is 0.909. The van der Waals surface area contributed by atoms with E-state index in [1.807, 2.05) is 0 Å². The van der Waals surface area contributed by atoms with Crippen LogP contribution >= 0.6 is 0 Å². The highest BCUT2D eigenvalue weighted by molar-refractivity contribution is 5.79. The molecule has 0 aromatic heterocycles. The lowest BCUT2D eigenvalue weighted by Gasteiger charge is -2.23. The molecule has 0 aliphatic heterocycles. The molecular weight excluding hydrogens is 216 g/mol. The second-order valence-electron chi connectivity index (χ2n) is 3.75. The Labute approximate surface area is 92.9 Å². The lowest BCUT2D eigenvalue weighted by Crippen LogP contribution is -2.33. The van der Waals surface area contributed by atoms with E-state index in [-0.39, 0.29) is 6.42 Å². The summed E-state index contributed by atoms with van der Waals surface area (Å²) in [6.07, 6.45) is -0.278. The SMILES string of the molecule is CCC(C(=O)O)C(C)C(CC(=O)O)C(=O)O. The van der Waals surface area contributed by atoms with Crippen molar-refractivity contribution in [2.24, 2.45) is 17.8 Å². The van der Waals surface area contributed by atoms with Crippen molar-refractivity contribution in [2.45, 2.75) is 26.7 Å². The van der Waals surface area contributed by atoms with E-state index in [1.165, 1.54) is 6.92 Å². The maximum absolute atomic E-state index is 10.9. The Hall–Kier alpha value is -1.59. The Morgan fingerprint density at radius 1 is 1.00 bits per heavy atom. The van der Waals surface area contributed by atoms with Gasteiger partial charge in [0.25, 0.3) is 0 Å². The first-order valence-electron chi connectivity index (χ1n) is 4.98. The standard InChI is InChI=1S/C10H16O6/c1-3-6(9(13)14)5(2)7(10(15)16)4-8(11)12/h5-7H,3-4H2,1-2H3,(H,11,12)(H,13,14)(H,15,16). The third kappa shape index (κ3) is 3.88. The van der Waals surface area contributed by atoms with E-state index in [1.54, 1.807) is 6.92 Å². The van der Waals surface area contributed by atoms with Crippen LogP contribution < -0.4 is 0 Å². The minimum Gasteiger partial charge on any atom is -0.481 e. The Kier molecular flexibility index (Phi) is 5.49. The average molecular weight is 232 g/mol. The Morgan fingerprint density at radius 2 is 1.44 bits per heavy atom. The number of carboxylic acids is 3. The zero-order valence-corrected chi connectivity index (χ0v) is 9.21. The van der Waals surface area contributed by atoms with Crippen LogP contribution in [0.15, 0.2) is 0 Å². The summed E-state index contributed by atoms with van der Waals surface area (Å²) in [6, 6.07) is 0. The Bertz CT molecular complexity index is 285. The van der Waals surface area contributed by atoms with Gasteiger partial charge >= 0.3 is 17.9 Å². The molecule has 0 spiro atoms. The van der Waals surface area contributed by atoms with Gasteiger partial charge in [-0.05, 0) is 12.3 Å². The number of carbonyl (C=O) groups is 3. The van der Waals surface area contributed by atoms with Crippen molar-refractivity contribution in [1.29, 1.82) is 0 Å². The number of aliphatic carboxylic acids is 3. The quantitative estimate of drug-likeness (QED) is 0.601. The first-order chi connectivity index (χ1) is 7.31. The van der Waals surface area contributed by atoms with E-state index in [0.717, 1.165) is 0 Å². The molecule has 0 aliphatic rings. The maximum atomic E-state index is 10.9. The van der Waals surface area contributed by atoms with Crippen molar-refractivity contribution < 1.29 is 29.7 Å². The zero-order valence-electron chi connectivity index (χ0n) is 9.21. The second kappa shape index (κ2) is 6.09. The minimum absolute atomic E-state index is 0.278. The molecule has 0 aliphatic carbocycles. The molecule has 16 heavy (non-hydrogen) atoms. The zero-order chi connectivity index (χ0) is 12.9. The third-order valence-corrected chi connectivity index (χ3v) is 2.74. The molecule has 3 N–H and O–H groups in total. The molecule has 6 nitrogen and oxygen atoms in total. The summed E-state index contributed by atoms with van der Waals surface area (Å²) in [5, 5.41) is 26.3. The first kappa shape index (κ1) is 14.4. The number of carboxylic acid groups (broad SMARTS) is 3. The molecule has 6 heteroatoms. The summed E-state index contributed by atoms with van der Waals surface area (Å²) in [5.74, 6) is -6.31. The van der Waals surface area contributed by atoms with Crippen LogP contribution in [0, 0.1) is 17.8 Å². The summed E-state index contributed by atoms with van der Waals surface area (Å²) in [6.45, 7) is 3.10. The number of hydrogen-bond donors (Lipinski definition) is 3. The molecular formula is C10H16O6. The maximum Gasteiger partial charge on any atom is 0.307 e. The van der Waals surface area contributed by atoms with E-state index in [9.17, 15) is 14.4 Å². The van der Waals surface area contributed by atoms with Gasteiger partial charge in [-0.15, -0.1) is 0 Å². The van der Waals surface area contributed by atoms with Crippen LogP contribution in [0.1, 0.15) is 26.7 Å². The van der Waals surface area contributed by atoms with E-state index in [0.29, 0.717) is 0 Å². The highest BCUT2D eigenvalue weighted by Gasteiger charge is 2.35. The molecule has 0 fully saturated rings. The number of hydrogen-bond acceptors (Lipinski definition) is 3. The Morgan fingerprint density at radius 3 is 1.69 bits per heavy atom. The normalized spacial score (nSPS) is 16.1. The topological polar surface area (TPSA) is 112 Å². The molecule has 92 valence electrons. The van der Waals surface area contributed by atoms with Crippen molar-refractivity contribution in [3.05, 3.63) is 0 Å². The van der Waals surface area contributed by atoms with Gasteiger partial charge in [-0.1, -0.05) is 13.8 Å². The van der Waals surface area contributed by atoms with Crippen molar-refractivity contribution >= 4 is 17.9 Å². The molecule has 0 heterocycles. The molecule has 0 saturated carbocycles. The van der Waals surface area contributed by atoms with Gasteiger partial charge < -0.3 is 15.3 Å². The van der Waals surface area contributed by atoms with Crippen molar-refractivity contribution in [2.75, 3.05) is 0 Å². The molecule has 0 radical (unpaired) electrons. The monoisotopic (exact) mass is 232 g/mol. The summed E-state index contributed by atoms with van der Waals surface area (Å²) in [5.41, 5.74) is 0. The van der Waals surface area contributed by atoms with Crippen molar-refractivity contribution in [1.82, 2.24) is 0 Å². The van der Waals surface area contributed by atoms with Gasteiger partial charge in [-0.2, -0.15) is 0 Å². The van der Waals surface area contributed by atoms with Crippen molar-refractivity contribution in [3.63, 3.8) is 0 Å². The van der Waals surface area contributed by atoms with Gasteiger partial charge in [0.1, 0.15) is 0 Å². The van der Waals surface area contributed by atoms with Crippen molar-refractivity contribution in [3.8, 4) is 0 Å². The Balaban J connectivity index is 4.84.